The Balaban J connectivity index is 2.15. The fourth-order valence-electron chi connectivity index (χ4n) is 2.52. The second-order valence-corrected chi connectivity index (χ2v) is 3.77. The molecule has 0 aromatic heterocycles. The summed E-state index contributed by atoms with van der Waals surface area (Å²) < 4.78 is 11.0. The average Bonchev–Trinajstić information content (AvgIpc) is 2.19. The highest BCUT2D eigenvalue weighted by atomic mass is 16.7. The maximum absolute atomic E-state index is 5.50. The maximum atomic E-state index is 5.50. The van der Waals surface area contributed by atoms with Crippen molar-refractivity contribution in [3.05, 3.63) is 0 Å². The largest absolute Gasteiger partial charge is 0.352 e. The van der Waals surface area contributed by atoms with Crippen molar-refractivity contribution in [2.45, 2.75) is 18.6 Å². The third kappa shape index (κ3) is 1.08. The molecule has 0 amide bonds. The second-order valence-electron chi connectivity index (χ2n) is 3.77. The number of nitrogens with zero attached hydrogens (tertiary/aromatic N) is 1. The summed E-state index contributed by atoms with van der Waals surface area (Å²) in [5.41, 5.74) is 0. The van der Waals surface area contributed by atoms with Crippen molar-refractivity contribution in [1.82, 2.24) is 4.90 Å². The number of ether oxygens (including phenoxy) is 2. The molecule has 0 N–H and O–H groups in total. The lowest BCUT2D eigenvalue weighted by molar-refractivity contribution is -0.278. The van der Waals surface area contributed by atoms with Gasteiger partial charge in [-0.25, -0.2) is 0 Å². The van der Waals surface area contributed by atoms with Crippen molar-refractivity contribution >= 4 is 0 Å². The van der Waals surface area contributed by atoms with Crippen molar-refractivity contribution in [3.8, 4) is 0 Å². The summed E-state index contributed by atoms with van der Waals surface area (Å²) in [6.07, 6.45) is 2.45. The Bertz CT molecular complexity index is 160. The zero-order valence-electron chi connectivity index (χ0n) is 7.88. The summed E-state index contributed by atoms with van der Waals surface area (Å²) in [4.78, 5) is 2.42. The van der Waals surface area contributed by atoms with Crippen molar-refractivity contribution in [2.75, 3.05) is 33.9 Å². The van der Waals surface area contributed by atoms with Crippen molar-refractivity contribution in [2.24, 2.45) is 5.92 Å². The van der Waals surface area contributed by atoms with Crippen LogP contribution in [-0.2, 0) is 9.47 Å². The molecule has 3 rings (SSSR count). The minimum absolute atomic E-state index is 0.295. The van der Waals surface area contributed by atoms with Gasteiger partial charge in [-0.1, -0.05) is 0 Å². The van der Waals surface area contributed by atoms with Crippen molar-refractivity contribution in [1.29, 1.82) is 0 Å². The van der Waals surface area contributed by atoms with Gasteiger partial charge in [-0.3, -0.25) is 4.90 Å². The van der Waals surface area contributed by atoms with E-state index in [-0.39, 0.29) is 5.79 Å². The number of hydrogen-bond donors (Lipinski definition) is 0. The van der Waals surface area contributed by atoms with E-state index in [1.807, 2.05) is 0 Å². The first kappa shape index (κ1) is 8.48. The van der Waals surface area contributed by atoms with Gasteiger partial charge < -0.3 is 9.47 Å². The minimum atomic E-state index is -0.295. The summed E-state index contributed by atoms with van der Waals surface area (Å²) in [5, 5.41) is 0. The van der Waals surface area contributed by atoms with E-state index < -0.39 is 0 Å². The van der Waals surface area contributed by atoms with Crippen LogP contribution < -0.4 is 0 Å². The van der Waals surface area contributed by atoms with Crippen LogP contribution in [0.1, 0.15) is 12.8 Å². The molecule has 3 nitrogen and oxygen atoms in total. The summed E-state index contributed by atoms with van der Waals surface area (Å²) >= 11 is 0. The van der Waals surface area contributed by atoms with Gasteiger partial charge in [0.05, 0.1) is 6.54 Å². The van der Waals surface area contributed by atoms with E-state index in [9.17, 15) is 0 Å². The molecule has 3 fully saturated rings. The molecule has 3 saturated heterocycles. The van der Waals surface area contributed by atoms with Gasteiger partial charge in [-0.2, -0.15) is 0 Å². The molecule has 0 unspecified atom stereocenters. The van der Waals surface area contributed by atoms with Gasteiger partial charge in [-0.15, -0.1) is 0 Å². The smallest absolute Gasteiger partial charge is 0.183 e. The zero-order chi connectivity index (χ0) is 8.60. The van der Waals surface area contributed by atoms with Crippen LogP contribution >= 0.6 is 0 Å². The predicted octanol–water partition coefficient (Wildman–Crippen LogP) is 0.701. The second kappa shape index (κ2) is 2.98. The first-order chi connectivity index (χ1) is 5.80. The molecule has 70 valence electrons. The molecule has 3 aliphatic heterocycles. The molecular formula is C9H17NO2. The highest BCUT2D eigenvalue weighted by Crippen LogP contribution is 2.38. The summed E-state index contributed by atoms with van der Waals surface area (Å²) in [7, 11) is 3.51. The van der Waals surface area contributed by atoms with Crippen LogP contribution in [0.4, 0.5) is 0 Å². The third-order valence-corrected chi connectivity index (χ3v) is 3.34. The number of fused-ring (bicyclic) bond motifs is 3. The average molecular weight is 171 g/mol. The lowest BCUT2D eigenvalue weighted by Crippen LogP contribution is -2.60. The van der Waals surface area contributed by atoms with Crippen LogP contribution in [0.3, 0.4) is 0 Å². The van der Waals surface area contributed by atoms with Gasteiger partial charge in [0.1, 0.15) is 0 Å². The number of piperidine rings is 3. The van der Waals surface area contributed by atoms with Gasteiger partial charge in [0.2, 0.25) is 0 Å². The molecule has 12 heavy (non-hydrogen) atoms. The monoisotopic (exact) mass is 171 g/mol. The Morgan fingerprint density at radius 2 is 1.75 bits per heavy atom. The van der Waals surface area contributed by atoms with E-state index in [0.717, 1.165) is 6.54 Å². The Hall–Kier alpha value is -0.120. The van der Waals surface area contributed by atoms with Crippen LogP contribution in [0.25, 0.3) is 0 Å². The van der Waals surface area contributed by atoms with Gasteiger partial charge >= 0.3 is 0 Å². The molecule has 0 radical (unpaired) electrons. The molecule has 3 heteroatoms. The van der Waals surface area contributed by atoms with Crippen LogP contribution in [-0.4, -0.2) is 44.5 Å². The summed E-state index contributed by atoms with van der Waals surface area (Å²) in [6, 6.07) is 0. The maximum Gasteiger partial charge on any atom is 0.183 e. The minimum Gasteiger partial charge on any atom is -0.352 e. The molecule has 0 aromatic rings. The van der Waals surface area contributed by atoms with Gasteiger partial charge in [0.25, 0.3) is 0 Å². The van der Waals surface area contributed by atoms with E-state index in [2.05, 4.69) is 4.90 Å². The molecular weight excluding hydrogens is 154 g/mol. The fourth-order valence-corrected chi connectivity index (χ4v) is 2.52. The standard InChI is InChI=1S/C9H17NO2/c1-11-9(12-2)7-10-5-3-8(9)4-6-10/h8H,3-7H2,1-2H3. The zero-order valence-corrected chi connectivity index (χ0v) is 7.88. The number of rotatable bonds is 2. The fraction of sp³-hybridized carbons (Fsp3) is 1.00. The molecule has 0 atom stereocenters. The number of hydrogen-bond acceptors (Lipinski definition) is 3. The quantitative estimate of drug-likeness (QED) is 0.571. The SMILES string of the molecule is COC1(OC)CN2CCC1CC2. The van der Waals surface area contributed by atoms with Crippen molar-refractivity contribution < 1.29 is 9.47 Å². The van der Waals surface area contributed by atoms with Gasteiger partial charge in [0.15, 0.2) is 5.79 Å². The van der Waals surface area contributed by atoms with E-state index in [0.29, 0.717) is 5.92 Å². The van der Waals surface area contributed by atoms with Crippen LogP contribution in [0.5, 0.6) is 0 Å². The summed E-state index contributed by atoms with van der Waals surface area (Å²) in [6.45, 7) is 3.39. The van der Waals surface area contributed by atoms with E-state index in [4.69, 9.17) is 9.47 Å². The molecule has 3 aliphatic rings. The molecule has 2 bridgehead atoms. The number of methoxy groups -OCH3 is 2. The lowest BCUT2D eigenvalue weighted by atomic mass is 9.83. The molecule has 0 aromatic carbocycles. The first-order valence-electron chi connectivity index (χ1n) is 4.63. The Kier molecular flexibility index (Phi) is 2.10. The van der Waals surface area contributed by atoms with Crippen LogP contribution in [0, 0.1) is 5.92 Å². The van der Waals surface area contributed by atoms with E-state index in [1.54, 1.807) is 14.2 Å². The Labute approximate surface area is 73.6 Å². The topological polar surface area (TPSA) is 21.7 Å². The predicted molar refractivity (Wildman–Crippen MR) is 45.9 cm³/mol. The Morgan fingerprint density at radius 3 is 2.00 bits per heavy atom. The highest BCUT2D eigenvalue weighted by molar-refractivity contribution is 4.93. The molecule has 0 aliphatic carbocycles. The first-order valence-corrected chi connectivity index (χ1v) is 4.63. The molecule has 0 spiro atoms. The highest BCUT2D eigenvalue weighted by Gasteiger charge is 2.47. The van der Waals surface area contributed by atoms with E-state index in [1.165, 1.54) is 25.9 Å². The molecule has 3 heterocycles. The lowest BCUT2D eigenvalue weighted by Gasteiger charge is -2.51. The normalized spacial score (nSPS) is 38.5. The van der Waals surface area contributed by atoms with Crippen LogP contribution in [0.15, 0.2) is 0 Å². The Morgan fingerprint density at radius 1 is 1.17 bits per heavy atom. The van der Waals surface area contributed by atoms with Crippen molar-refractivity contribution in [3.63, 3.8) is 0 Å². The summed E-state index contributed by atoms with van der Waals surface area (Å²) in [5.74, 6) is 0.314. The molecule has 0 saturated carbocycles. The van der Waals surface area contributed by atoms with Crippen LogP contribution in [0.2, 0.25) is 0 Å². The van der Waals surface area contributed by atoms with E-state index >= 15 is 0 Å². The van der Waals surface area contributed by atoms with Gasteiger partial charge in [-0.05, 0) is 25.9 Å². The van der Waals surface area contributed by atoms with Gasteiger partial charge in [0, 0.05) is 20.1 Å². The third-order valence-electron chi connectivity index (χ3n) is 3.34.